The summed E-state index contributed by atoms with van der Waals surface area (Å²) in [5.41, 5.74) is 3.23. The minimum atomic E-state index is -0.373. The van der Waals surface area contributed by atoms with Gasteiger partial charge in [0.25, 0.3) is 5.91 Å². The van der Waals surface area contributed by atoms with Gasteiger partial charge in [0.2, 0.25) is 0 Å². The lowest BCUT2D eigenvalue weighted by Crippen LogP contribution is -2.23. The summed E-state index contributed by atoms with van der Waals surface area (Å²) < 4.78 is 13.2. The topological polar surface area (TPSA) is 23.6 Å². The Morgan fingerprint density at radius 3 is 2.45 bits per heavy atom. The van der Waals surface area contributed by atoms with Crippen LogP contribution in [0.5, 0.6) is 0 Å². The quantitative estimate of drug-likeness (QED) is 0.837. The fourth-order valence-electron chi connectivity index (χ4n) is 2.41. The van der Waals surface area contributed by atoms with Gasteiger partial charge in [-0.2, -0.15) is 0 Å². The maximum absolute atomic E-state index is 13.2. The van der Waals surface area contributed by atoms with Crippen LogP contribution in [-0.4, -0.2) is 20.0 Å². The number of halogens is 1. The number of anilines is 2. The third kappa shape index (κ3) is 2.03. The Hall–Kier alpha value is -2.36. The molecule has 20 heavy (non-hydrogen) atoms. The van der Waals surface area contributed by atoms with Gasteiger partial charge in [-0.3, -0.25) is 4.79 Å². The molecule has 0 saturated heterocycles. The number of hydrogen-bond acceptors (Lipinski definition) is 2. The van der Waals surface area contributed by atoms with E-state index < -0.39 is 0 Å². The minimum Gasteiger partial charge on any atom is -0.378 e. The fraction of sp³-hybridized carbons (Fsp3) is 0.188. The van der Waals surface area contributed by atoms with E-state index >= 15 is 0 Å². The van der Waals surface area contributed by atoms with Gasteiger partial charge in [-0.15, -0.1) is 0 Å². The fourth-order valence-corrected chi connectivity index (χ4v) is 2.41. The van der Waals surface area contributed by atoms with Crippen molar-refractivity contribution in [3.63, 3.8) is 0 Å². The smallest absolute Gasteiger partial charge is 0.259 e. The van der Waals surface area contributed by atoms with Crippen molar-refractivity contribution in [3.8, 4) is 0 Å². The van der Waals surface area contributed by atoms with Crippen LogP contribution in [0, 0.1) is 5.82 Å². The molecule has 102 valence electrons. The normalized spacial score (nSPS) is 13.6. The van der Waals surface area contributed by atoms with Crippen LogP contribution in [0.3, 0.4) is 0 Å². The average molecular weight is 270 g/mol. The highest BCUT2D eigenvalue weighted by atomic mass is 19.1. The predicted molar refractivity (Wildman–Crippen MR) is 77.7 cm³/mol. The first-order valence-corrected chi connectivity index (χ1v) is 6.44. The average Bonchev–Trinajstić information content (AvgIpc) is 2.76. The first-order chi connectivity index (χ1) is 9.56. The number of rotatable bonds is 2. The molecule has 0 radical (unpaired) electrons. The Morgan fingerprint density at radius 2 is 1.80 bits per heavy atom. The molecule has 3 rings (SSSR count). The summed E-state index contributed by atoms with van der Waals surface area (Å²) >= 11 is 0. The van der Waals surface area contributed by atoms with E-state index in [2.05, 4.69) is 0 Å². The van der Waals surface area contributed by atoms with Gasteiger partial charge in [0.05, 0.1) is 6.54 Å². The van der Waals surface area contributed by atoms with E-state index in [0.29, 0.717) is 12.1 Å². The highest BCUT2D eigenvalue weighted by molar-refractivity contribution is 6.10. The highest BCUT2D eigenvalue weighted by Gasteiger charge is 2.28. The monoisotopic (exact) mass is 270 g/mol. The third-order valence-electron chi connectivity index (χ3n) is 3.55. The standard InChI is InChI=1S/C16H15FN2O/c1-18(2)13-5-7-14(8-6-13)19-10-11-3-4-12(17)9-15(11)16(19)20/h3-9H,10H2,1-2H3. The van der Waals surface area contributed by atoms with Crippen LogP contribution in [0.4, 0.5) is 15.8 Å². The van der Waals surface area contributed by atoms with Crippen LogP contribution < -0.4 is 9.80 Å². The molecule has 0 aromatic heterocycles. The SMILES string of the molecule is CN(C)c1ccc(N2Cc3ccc(F)cc3C2=O)cc1. The third-order valence-corrected chi connectivity index (χ3v) is 3.55. The second-order valence-electron chi connectivity index (χ2n) is 5.10. The van der Waals surface area contributed by atoms with Crippen molar-refractivity contribution in [2.24, 2.45) is 0 Å². The number of carbonyl (C=O) groups excluding carboxylic acids is 1. The Balaban J connectivity index is 1.92. The Kier molecular flexibility index (Phi) is 2.93. The van der Waals surface area contributed by atoms with Gasteiger partial charge in [-0.25, -0.2) is 4.39 Å². The highest BCUT2D eigenvalue weighted by Crippen LogP contribution is 2.29. The molecule has 2 aromatic rings. The minimum absolute atomic E-state index is 0.142. The zero-order valence-corrected chi connectivity index (χ0v) is 11.4. The van der Waals surface area contributed by atoms with Crippen LogP contribution >= 0.6 is 0 Å². The number of hydrogen-bond donors (Lipinski definition) is 0. The largest absolute Gasteiger partial charge is 0.378 e. The van der Waals surface area contributed by atoms with Crippen LogP contribution in [0.1, 0.15) is 15.9 Å². The van der Waals surface area contributed by atoms with Crippen LogP contribution in [0.2, 0.25) is 0 Å². The molecule has 1 amide bonds. The molecule has 0 fully saturated rings. The molecule has 1 aliphatic heterocycles. The summed E-state index contributed by atoms with van der Waals surface area (Å²) in [6.07, 6.45) is 0. The summed E-state index contributed by atoms with van der Waals surface area (Å²) in [6.45, 7) is 0.496. The molecule has 1 aliphatic rings. The first-order valence-electron chi connectivity index (χ1n) is 6.44. The second kappa shape index (κ2) is 4.63. The number of fused-ring (bicyclic) bond motifs is 1. The maximum atomic E-state index is 13.2. The number of nitrogens with zero attached hydrogens (tertiary/aromatic N) is 2. The van der Waals surface area contributed by atoms with E-state index in [1.807, 2.05) is 43.3 Å². The lowest BCUT2D eigenvalue weighted by molar-refractivity contribution is 0.0996. The lowest BCUT2D eigenvalue weighted by Gasteiger charge is -2.18. The summed E-state index contributed by atoms with van der Waals surface area (Å²) in [5, 5.41) is 0. The number of carbonyl (C=O) groups is 1. The summed E-state index contributed by atoms with van der Waals surface area (Å²) in [5.74, 6) is -0.515. The van der Waals surface area contributed by atoms with Crippen LogP contribution in [0.25, 0.3) is 0 Å². The van der Waals surface area contributed by atoms with Crippen molar-refractivity contribution in [2.75, 3.05) is 23.9 Å². The van der Waals surface area contributed by atoms with Crippen molar-refractivity contribution in [1.82, 2.24) is 0 Å². The van der Waals surface area contributed by atoms with E-state index in [9.17, 15) is 9.18 Å². The molecule has 0 atom stereocenters. The summed E-state index contributed by atoms with van der Waals surface area (Å²) in [4.78, 5) is 16.0. The van der Waals surface area contributed by atoms with Crippen molar-refractivity contribution in [2.45, 2.75) is 6.54 Å². The molecule has 0 saturated carbocycles. The predicted octanol–water partition coefficient (Wildman–Crippen LogP) is 3.05. The molecule has 4 heteroatoms. The van der Waals surface area contributed by atoms with Gasteiger partial charge in [0.15, 0.2) is 0 Å². The van der Waals surface area contributed by atoms with Crippen molar-refractivity contribution in [1.29, 1.82) is 0 Å². The zero-order chi connectivity index (χ0) is 14.3. The Labute approximate surface area is 117 Å². The van der Waals surface area contributed by atoms with E-state index in [-0.39, 0.29) is 11.7 Å². The zero-order valence-electron chi connectivity index (χ0n) is 11.4. The van der Waals surface area contributed by atoms with Crippen molar-refractivity contribution < 1.29 is 9.18 Å². The van der Waals surface area contributed by atoms with E-state index in [1.165, 1.54) is 12.1 Å². The molecule has 0 unspecified atom stereocenters. The Morgan fingerprint density at radius 1 is 1.10 bits per heavy atom. The molecule has 0 aliphatic carbocycles. The number of amides is 1. The van der Waals surface area contributed by atoms with Crippen LogP contribution in [-0.2, 0) is 6.54 Å². The van der Waals surface area contributed by atoms with Gasteiger partial charge in [-0.05, 0) is 42.0 Å². The Bertz CT molecular complexity index is 665. The molecule has 0 spiro atoms. The molecule has 0 N–H and O–H groups in total. The van der Waals surface area contributed by atoms with E-state index in [1.54, 1.807) is 11.0 Å². The summed E-state index contributed by atoms with van der Waals surface area (Å²) in [7, 11) is 3.93. The van der Waals surface area contributed by atoms with Gasteiger partial charge < -0.3 is 9.80 Å². The molecule has 3 nitrogen and oxygen atoms in total. The molecular formula is C16H15FN2O. The first kappa shape index (κ1) is 12.7. The van der Waals surface area contributed by atoms with Gasteiger partial charge in [-0.1, -0.05) is 6.07 Å². The van der Waals surface area contributed by atoms with Crippen molar-refractivity contribution >= 4 is 17.3 Å². The summed E-state index contributed by atoms with van der Waals surface area (Å²) in [6, 6.07) is 12.1. The van der Waals surface area contributed by atoms with Crippen LogP contribution in [0.15, 0.2) is 42.5 Å². The van der Waals surface area contributed by atoms with E-state index in [0.717, 1.165) is 16.9 Å². The van der Waals surface area contributed by atoms with Gasteiger partial charge in [0, 0.05) is 31.0 Å². The molecule has 1 heterocycles. The van der Waals surface area contributed by atoms with Crippen molar-refractivity contribution in [3.05, 3.63) is 59.4 Å². The lowest BCUT2D eigenvalue weighted by atomic mass is 10.1. The maximum Gasteiger partial charge on any atom is 0.259 e. The molecular weight excluding hydrogens is 255 g/mol. The van der Waals surface area contributed by atoms with Gasteiger partial charge >= 0.3 is 0 Å². The van der Waals surface area contributed by atoms with E-state index in [4.69, 9.17) is 0 Å². The number of benzene rings is 2. The molecule has 2 aromatic carbocycles. The second-order valence-corrected chi connectivity index (χ2v) is 5.10. The van der Waals surface area contributed by atoms with Gasteiger partial charge in [0.1, 0.15) is 5.82 Å². The molecule has 0 bridgehead atoms.